The van der Waals surface area contributed by atoms with Crippen molar-refractivity contribution in [3.8, 4) is 0 Å². The highest BCUT2D eigenvalue weighted by atomic mass is 31.2. The molecular formula is C63H105BF2N5O11P. The Morgan fingerprint density at radius 1 is 0.602 bits per heavy atom. The number of aromatic nitrogens is 1. The maximum Gasteiger partial charge on any atom is 0.677 e. The molecule has 16 nitrogen and oxygen atoms in total. The molecule has 1 aliphatic heterocycles. The van der Waals surface area contributed by atoms with Crippen LogP contribution in [0.3, 0.4) is 0 Å². The molecule has 2 heterocycles. The smallest absolute Gasteiger partial charge is 0.463 e. The first-order valence-corrected chi connectivity index (χ1v) is 33.1. The van der Waals surface area contributed by atoms with Crippen molar-refractivity contribution >= 4 is 56.7 Å². The molecule has 1 unspecified atom stereocenters. The van der Waals surface area contributed by atoms with E-state index < -0.39 is 46.5 Å². The number of unbranched alkanes of at least 4 members (excludes halogenated alkanes) is 23. The molecular weight excluding hydrogens is 1080 g/mol. The van der Waals surface area contributed by atoms with E-state index in [0.717, 1.165) is 81.5 Å². The molecule has 83 heavy (non-hydrogen) atoms. The van der Waals surface area contributed by atoms with Gasteiger partial charge in [-0.15, -0.1) is 0 Å². The van der Waals surface area contributed by atoms with Gasteiger partial charge in [0, 0.05) is 68.8 Å². The predicted octanol–water partition coefficient (Wildman–Crippen LogP) is 14.6. The second-order valence-electron chi connectivity index (χ2n) is 21.8. The van der Waals surface area contributed by atoms with Crippen LogP contribution in [-0.4, -0.2) is 97.7 Å². The number of carbonyl (C=O) groups excluding carboxylic acids is 5. The van der Waals surface area contributed by atoms with E-state index in [1.807, 2.05) is 0 Å². The SMILES string of the molecule is CCCCCCCC/C=C\CCCCCCCC(=O)OCC(COC(=O)CCCCCCC/C=C\CCCCCCCC)OP(=O)(O)OCCNC(=O)CCCCC(=O)NCCNC(=O)CCC1=N/C(=C\c2c(C)cc(C)n2B(F)F)C=C1. The number of ether oxygens (including phenoxy) is 2. The summed E-state index contributed by atoms with van der Waals surface area (Å²) in [5, 5.41) is 8.10. The summed E-state index contributed by atoms with van der Waals surface area (Å²) in [4.78, 5) is 77.7. The lowest BCUT2D eigenvalue weighted by Gasteiger charge is -2.21. The van der Waals surface area contributed by atoms with Crippen LogP contribution in [0, 0.1) is 13.8 Å². The summed E-state index contributed by atoms with van der Waals surface area (Å²) in [7, 11) is -7.43. The predicted molar refractivity (Wildman–Crippen MR) is 330 cm³/mol. The molecule has 1 atom stereocenters. The molecule has 0 bridgehead atoms. The third-order valence-corrected chi connectivity index (χ3v) is 15.3. The molecule has 0 saturated heterocycles. The van der Waals surface area contributed by atoms with E-state index in [2.05, 4.69) is 59.1 Å². The highest BCUT2D eigenvalue weighted by molar-refractivity contribution is 7.47. The van der Waals surface area contributed by atoms with Crippen LogP contribution in [-0.2, 0) is 47.1 Å². The Hall–Kier alpha value is -4.71. The van der Waals surface area contributed by atoms with Gasteiger partial charge in [-0.1, -0.05) is 141 Å². The van der Waals surface area contributed by atoms with Crippen LogP contribution < -0.4 is 16.0 Å². The summed E-state index contributed by atoms with van der Waals surface area (Å²) < 4.78 is 62.4. The zero-order valence-corrected chi connectivity index (χ0v) is 52.1. The third-order valence-electron chi connectivity index (χ3n) is 14.2. The Kier molecular flexibility index (Phi) is 43.5. The fourth-order valence-electron chi connectivity index (χ4n) is 9.42. The van der Waals surface area contributed by atoms with Crippen LogP contribution in [0.5, 0.6) is 0 Å². The van der Waals surface area contributed by atoms with Crippen molar-refractivity contribution in [3.63, 3.8) is 0 Å². The van der Waals surface area contributed by atoms with Gasteiger partial charge in [-0.25, -0.2) is 4.57 Å². The average molecular weight is 1190 g/mol. The minimum Gasteiger partial charge on any atom is -0.463 e. The van der Waals surface area contributed by atoms with Gasteiger partial charge in [-0.05, 0) is 127 Å². The number of carbonyl (C=O) groups is 5. The minimum absolute atomic E-state index is 0.101. The van der Waals surface area contributed by atoms with Gasteiger partial charge in [0.05, 0.1) is 12.3 Å². The summed E-state index contributed by atoms with van der Waals surface area (Å²) in [6.45, 7) is 6.96. The summed E-state index contributed by atoms with van der Waals surface area (Å²) in [5.74, 6) is -1.79. The first-order chi connectivity index (χ1) is 40.1. The Bertz CT molecular complexity index is 2130. The lowest BCUT2D eigenvalue weighted by molar-refractivity contribution is -0.152. The van der Waals surface area contributed by atoms with Crippen LogP contribution in [0.1, 0.15) is 249 Å². The summed E-state index contributed by atoms with van der Waals surface area (Å²) in [6.07, 6.45) is 44.3. The minimum atomic E-state index is -4.75. The van der Waals surface area contributed by atoms with Crippen LogP contribution in [0.15, 0.2) is 53.2 Å². The highest BCUT2D eigenvalue weighted by Gasteiger charge is 2.29. The van der Waals surface area contributed by atoms with Crippen molar-refractivity contribution in [1.82, 2.24) is 20.4 Å². The Morgan fingerprint density at radius 3 is 1.49 bits per heavy atom. The van der Waals surface area contributed by atoms with Gasteiger partial charge in [-0.3, -0.25) is 46.6 Å². The maximum atomic E-state index is 13.6. The molecule has 20 heteroatoms. The summed E-state index contributed by atoms with van der Waals surface area (Å²) in [5.41, 5.74) is 2.74. The fourth-order valence-corrected chi connectivity index (χ4v) is 10.3. The first-order valence-electron chi connectivity index (χ1n) is 31.6. The molecule has 470 valence electrons. The number of allylic oxidation sites excluding steroid dienone is 6. The number of amides is 3. The van der Waals surface area contributed by atoms with Gasteiger partial charge < -0.3 is 34.8 Å². The Balaban J connectivity index is 1.66. The van der Waals surface area contributed by atoms with Crippen molar-refractivity contribution < 1.29 is 60.6 Å². The summed E-state index contributed by atoms with van der Waals surface area (Å²) in [6, 6.07) is 1.70. The van der Waals surface area contributed by atoms with Crippen molar-refractivity contribution in [2.75, 3.05) is 39.5 Å². The largest absolute Gasteiger partial charge is 0.677 e. The molecule has 4 N–H and O–H groups in total. The molecule has 0 fully saturated rings. The monoisotopic (exact) mass is 1190 g/mol. The van der Waals surface area contributed by atoms with Crippen molar-refractivity contribution in [1.29, 1.82) is 0 Å². The van der Waals surface area contributed by atoms with Gasteiger partial charge >= 0.3 is 27.2 Å². The fraction of sp³-hybridized carbons (Fsp3) is 0.714. The third kappa shape index (κ3) is 40.3. The average Bonchev–Trinajstić information content (AvgIpc) is 3.84. The van der Waals surface area contributed by atoms with E-state index in [4.69, 9.17) is 18.5 Å². The van der Waals surface area contributed by atoms with Crippen molar-refractivity contribution in [3.05, 3.63) is 65.2 Å². The number of aryl methyl sites for hydroxylation is 2. The zero-order chi connectivity index (χ0) is 60.6. The number of esters is 2. The van der Waals surface area contributed by atoms with Gasteiger partial charge in [0.15, 0.2) is 0 Å². The Labute approximate surface area is 497 Å². The quantitative estimate of drug-likeness (QED) is 0.0158. The molecule has 3 amide bonds. The molecule has 1 aromatic heterocycles. The Morgan fingerprint density at radius 2 is 1.02 bits per heavy atom. The highest BCUT2D eigenvalue weighted by Crippen LogP contribution is 2.44. The molecule has 2 rings (SSSR count). The zero-order valence-electron chi connectivity index (χ0n) is 51.2. The van der Waals surface area contributed by atoms with Gasteiger partial charge in [-0.2, -0.15) is 0 Å². The van der Waals surface area contributed by atoms with E-state index >= 15 is 0 Å². The number of phosphoric acid groups is 1. The summed E-state index contributed by atoms with van der Waals surface area (Å²) >= 11 is 0. The molecule has 0 radical (unpaired) electrons. The van der Waals surface area contributed by atoms with Crippen LogP contribution in [0.25, 0.3) is 6.08 Å². The van der Waals surface area contributed by atoms with Crippen molar-refractivity contribution in [2.45, 2.75) is 252 Å². The van der Waals surface area contributed by atoms with E-state index in [1.54, 1.807) is 38.1 Å². The van der Waals surface area contributed by atoms with Crippen LogP contribution >= 0.6 is 7.82 Å². The molecule has 1 aliphatic rings. The number of phosphoric ester groups is 1. The van der Waals surface area contributed by atoms with Crippen LogP contribution in [0.2, 0.25) is 0 Å². The number of hydrogen-bond acceptors (Lipinski definition) is 11. The molecule has 0 aliphatic carbocycles. The standard InChI is InChI=1S/C63H105BF2N5O11P/c1-5-7-9-11-13-15-17-19-21-23-25-27-29-31-33-39-62(75)79-51-57(52-80-63(76)40-34-32-30-28-26-24-22-20-18-16-14-12-10-8-6-2)82-83(77,78)81-48-47-69-60(73)38-36-35-37-59(72)67-45-46-68-61(74)44-43-55-41-42-56(70-55)50-58-53(3)49-54(4)71(58)64(65)66/h19-22,41-42,49-50,57H,5-18,23-40,43-48,51-52H2,1-4H3,(H,67,72)(H,68,74)(H,69,73)(H,77,78)/b21-19-,22-20-,56-50-. The normalized spacial score (nSPS) is 13.5. The number of nitrogens with one attached hydrogen (secondary N) is 3. The maximum absolute atomic E-state index is 13.6. The van der Waals surface area contributed by atoms with Gasteiger partial charge in [0.2, 0.25) is 17.7 Å². The number of nitrogens with zero attached hydrogens (tertiary/aromatic N) is 2. The van der Waals surface area contributed by atoms with E-state index in [0.29, 0.717) is 60.5 Å². The van der Waals surface area contributed by atoms with Gasteiger partial charge in [0.1, 0.15) is 19.3 Å². The lowest BCUT2D eigenvalue weighted by Crippen LogP contribution is -2.34. The molecule has 0 saturated carbocycles. The lowest BCUT2D eigenvalue weighted by atomic mass is 10.1. The molecule has 0 spiro atoms. The molecule has 0 aromatic carbocycles. The van der Waals surface area contributed by atoms with E-state index in [1.165, 1.54) is 77.0 Å². The topological polar surface area (TPSA) is 213 Å². The van der Waals surface area contributed by atoms with Crippen LogP contribution in [0.4, 0.5) is 8.63 Å². The molecule has 1 aromatic rings. The number of halogens is 2. The number of aliphatic imine (C=N–C) groups is 1. The number of hydrogen-bond donors (Lipinski definition) is 4. The second-order valence-corrected chi connectivity index (χ2v) is 23.2. The first kappa shape index (κ1) is 74.4. The number of rotatable bonds is 53. The van der Waals surface area contributed by atoms with Crippen molar-refractivity contribution in [2.24, 2.45) is 4.99 Å². The van der Waals surface area contributed by atoms with E-state index in [-0.39, 0.29) is 76.1 Å². The second kappa shape index (κ2) is 48.5. The van der Waals surface area contributed by atoms with Gasteiger partial charge in [0.25, 0.3) is 0 Å². The van der Waals surface area contributed by atoms with E-state index in [9.17, 15) is 42.1 Å².